The fourth-order valence-electron chi connectivity index (χ4n) is 8.55. The van der Waals surface area contributed by atoms with Crippen LogP contribution in [0.4, 0.5) is 0 Å². The van der Waals surface area contributed by atoms with Gasteiger partial charge in [0.15, 0.2) is 0 Å². The lowest BCUT2D eigenvalue weighted by molar-refractivity contribution is 1.01. The summed E-state index contributed by atoms with van der Waals surface area (Å²) in [5.74, 6) is 0.873. The zero-order valence-corrected chi connectivity index (χ0v) is 28.2. The average Bonchev–Trinajstić information content (AvgIpc) is 3.73. The van der Waals surface area contributed by atoms with Gasteiger partial charge in [-0.25, -0.2) is 9.97 Å². The number of para-hydroxylation sites is 2. The van der Waals surface area contributed by atoms with Gasteiger partial charge >= 0.3 is 0 Å². The summed E-state index contributed by atoms with van der Waals surface area (Å²) in [4.78, 5) is 10.4. The highest BCUT2D eigenvalue weighted by Crippen LogP contribution is 2.51. The molecule has 0 saturated carbocycles. The van der Waals surface area contributed by atoms with Crippen LogP contribution in [-0.4, -0.2) is 14.5 Å². The van der Waals surface area contributed by atoms with Crippen LogP contribution in [0.3, 0.4) is 0 Å². The molecule has 0 saturated heterocycles. The molecule has 0 aliphatic heterocycles. The van der Waals surface area contributed by atoms with Gasteiger partial charge in [0, 0.05) is 27.6 Å². The predicted octanol–water partition coefficient (Wildman–Crippen LogP) is 12.4. The van der Waals surface area contributed by atoms with Crippen LogP contribution in [0.1, 0.15) is 22.6 Å². The Morgan fingerprint density at radius 1 is 0.423 bits per heavy atom. The molecule has 0 radical (unpaired) electrons. The SMILES string of the molecule is c1ccc(-c2nc(-n3c4ccccc4c4cc(-c5ccc6c(c5)-c5c(ccc7ccccc57)C6c5ccccc5)ccc43)nc3ccccc23)cc1. The summed E-state index contributed by atoms with van der Waals surface area (Å²) < 4.78 is 2.23. The van der Waals surface area contributed by atoms with Crippen LogP contribution in [0, 0.1) is 0 Å². The number of rotatable bonds is 4. The van der Waals surface area contributed by atoms with E-state index in [1.807, 2.05) is 12.1 Å². The fraction of sp³-hybridized carbons (Fsp3) is 0.0204. The molecule has 0 bridgehead atoms. The van der Waals surface area contributed by atoms with Crippen LogP contribution in [0.25, 0.3) is 82.9 Å². The number of hydrogen-bond donors (Lipinski definition) is 0. The predicted molar refractivity (Wildman–Crippen MR) is 215 cm³/mol. The van der Waals surface area contributed by atoms with Crippen molar-refractivity contribution in [2.45, 2.75) is 5.92 Å². The summed E-state index contributed by atoms with van der Waals surface area (Å²) in [6.07, 6.45) is 0. The van der Waals surface area contributed by atoms with E-state index >= 15 is 0 Å². The van der Waals surface area contributed by atoms with E-state index in [0.717, 1.165) is 33.2 Å². The van der Waals surface area contributed by atoms with Gasteiger partial charge < -0.3 is 0 Å². The third-order valence-electron chi connectivity index (χ3n) is 10.9. The van der Waals surface area contributed by atoms with Gasteiger partial charge in [-0.2, -0.15) is 0 Å². The molecular weight excluding hydrogens is 631 g/mol. The smallest absolute Gasteiger partial charge is 0.235 e. The van der Waals surface area contributed by atoms with Gasteiger partial charge in [0.05, 0.1) is 22.2 Å². The first kappa shape index (κ1) is 28.9. The van der Waals surface area contributed by atoms with Crippen molar-refractivity contribution in [3.05, 3.63) is 199 Å². The highest BCUT2D eigenvalue weighted by atomic mass is 15.2. The summed E-state index contributed by atoms with van der Waals surface area (Å²) in [5.41, 5.74) is 14.2. The molecule has 10 aromatic rings. The monoisotopic (exact) mass is 661 g/mol. The molecule has 3 nitrogen and oxygen atoms in total. The van der Waals surface area contributed by atoms with E-state index < -0.39 is 0 Å². The fourth-order valence-corrected chi connectivity index (χ4v) is 8.55. The number of hydrogen-bond acceptors (Lipinski definition) is 2. The lowest BCUT2D eigenvalue weighted by atomic mass is 9.88. The molecule has 8 aromatic carbocycles. The first-order valence-electron chi connectivity index (χ1n) is 17.9. The molecule has 52 heavy (non-hydrogen) atoms. The number of fused-ring (bicyclic) bond motifs is 9. The zero-order valence-electron chi connectivity index (χ0n) is 28.2. The second-order valence-corrected chi connectivity index (χ2v) is 13.7. The van der Waals surface area contributed by atoms with Gasteiger partial charge in [-0.05, 0) is 80.0 Å². The van der Waals surface area contributed by atoms with E-state index in [-0.39, 0.29) is 5.92 Å². The second-order valence-electron chi connectivity index (χ2n) is 13.7. The van der Waals surface area contributed by atoms with E-state index in [1.165, 1.54) is 60.5 Å². The Hall–Kier alpha value is -6.84. The van der Waals surface area contributed by atoms with Gasteiger partial charge in [-0.3, -0.25) is 4.57 Å². The maximum absolute atomic E-state index is 5.26. The van der Waals surface area contributed by atoms with Gasteiger partial charge in [-0.1, -0.05) is 152 Å². The minimum Gasteiger partial charge on any atom is -0.278 e. The summed E-state index contributed by atoms with van der Waals surface area (Å²) >= 11 is 0. The van der Waals surface area contributed by atoms with E-state index in [2.05, 4.69) is 174 Å². The molecule has 1 aliphatic carbocycles. The van der Waals surface area contributed by atoms with Crippen molar-refractivity contribution in [1.29, 1.82) is 0 Å². The third kappa shape index (κ3) is 4.33. The molecule has 1 unspecified atom stereocenters. The highest BCUT2D eigenvalue weighted by Gasteiger charge is 2.31. The molecule has 0 N–H and O–H groups in total. The third-order valence-corrected chi connectivity index (χ3v) is 10.9. The number of benzene rings is 8. The largest absolute Gasteiger partial charge is 0.278 e. The summed E-state index contributed by atoms with van der Waals surface area (Å²) in [6.45, 7) is 0. The molecule has 2 heterocycles. The molecule has 1 atom stereocenters. The van der Waals surface area contributed by atoms with Crippen LogP contribution in [0.15, 0.2) is 182 Å². The van der Waals surface area contributed by atoms with Crippen molar-refractivity contribution < 1.29 is 0 Å². The first-order valence-corrected chi connectivity index (χ1v) is 17.9. The van der Waals surface area contributed by atoms with E-state index in [4.69, 9.17) is 9.97 Å². The maximum Gasteiger partial charge on any atom is 0.235 e. The van der Waals surface area contributed by atoms with E-state index in [9.17, 15) is 0 Å². The van der Waals surface area contributed by atoms with Crippen molar-refractivity contribution in [3.63, 3.8) is 0 Å². The summed E-state index contributed by atoms with van der Waals surface area (Å²) in [5, 5.41) is 5.98. The second kappa shape index (κ2) is 11.3. The standard InChI is InChI=1S/C49H31N3/c1-3-14-32(15-4-1)46-38-26-24-34(30-42(38)47-36-18-8-7-13-31(36)23-27-40(46)47)35-25-28-45-41(29-35)37-19-10-12-22-44(37)52(45)49-50-43-21-11-9-20-39(43)48(51-49)33-16-5-2-6-17-33/h1-30,46H. The summed E-state index contributed by atoms with van der Waals surface area (Å²) in [7, 11) is 0. The minimum atomic E-state index is 0.202. The minimum absolute atomic E-state index is 0.202. The quantitative estimate of drug-likeness (QED) is 0.188. The molecule has 242 valence electrons. The summed E-state index contributed by atoms with van der Waals surface area (Å²) in [6, 6.07) is 65.6. The Balaban J connectivity index is 1.11. The van der Waals surface area contributed by atoms with Crippen LogP contribution in [0.5, 0.6) is 0 Å². The molecule has 2 aromatic heterocycles. The topological polar surface area (TPSA) is 30.7 Å². The molecule has 11 rings (SSSR count). The molecule has 0 amide bonds. The van der Waals surface area contributed by atoms with Crippen molar-refractivity contribution >= 4 is 43.5 Å². The average molecular weight is 662 g/mol. The lowest BCUT2D eigenvalue weighted by Crippen LogP contribution is -2.03. The lowest BCUT2D eigenvalue weighted by Gasteiger charge is -2.15. The van der Waals surface area contributed by atoms with Crippen LogP contribution >= 0.6 is 0 Å². The van der Waals surface area contributed by atoms with Crippen molar-refractivity contribution in [2.75, 3.05) is 0 Å². The Morgan fingerprint density at radius 2 is 1.08 bits per heavy atom. The molecule has 0 spiro atoms. The van der Waals surface area contributed by atoms with Crippen molar-refractivity contribution in [3.8, 4) is 39.5 Å². The normalized spacial score (nSPS) is 13.6. The molecule has 1 aliphatic rings. The Bertz CT molecular complexity index is 3010. The van der Waals surface area contributed by atoms with Crippen molar-refractivity contribution in [2.24, 2.45) is 0 Å². The van der Waals surface area contributed by atoms with Gasteiger partial charge in [-0.15, -0.1) is 0 Å². The molecule has 3 heteroatoms. The van der Waals surface area contributed by atoms with E-state index in [1.54, 1.807) is 0 Å². The molecular formula is C49H31N3. The number of nitrogens with zero attached hydrogens (tertiary/aromatic N) is 3. The van der Waals surface area contributed by atoms with E-state index in [0.29, 0.717) is 5.95 Å². The zero-order chi connectivity index (χ0) is 34.2. The first-order chi connectivity index (χ1) is 25.8. The van der Waals surface area contributed by atoms with Crippen LogP contribution in [-0.2, 0) is 0 Å². The van der Waals surface area contributed by atoms with Crippen LogP contribution in [0.2, 0.25) is 0 Å². The van der Waals surface area contributed by atoms with Gasteiger partial charge in [0.2, 0.25) is 5.95 Å². The van der Waals surface area contributed by atoms with Crippen LogP contribution < -0.4 is 0 Å². The number of aromatic nitrogens is 3. The van der Waals surface area contributed by atoms with Gasteiger partial charge in [0.1, 0.15) is 0 Å². The van der Waals surface area contributed by atoms with Gasteiger partial charge in [0.25, 0.3) is 0 Å². The maximum atomic E-state index is 5.26. The Morgan fingerprint density at radius 3 is 1.94 bits per heavy atom. The molecule has 0 fully saturated rings. The Labute approximate surface area is 301 Å². The van der Waals surface area contributed by atoms with Crippen molar-refractivity contribution in [1.82, 2.24) is 14.5 Å². The Kier molecular flexibility index (Phi) is 6.31. The highest BCUT2D eigenvalue weighted by molar-refractivity contribution is 6.11.